The van der Waals surface area contributed by atoms with Crippen molar-refractivity contribution in [2.75, 3.05) is 13.1 Å². The maximum absolute atomic E-state index is 3.62. The minimum absolute atomic E-state index is 0.593. The van der Waals surface area contributed by atoms with Crippen LogP contribution >= 0.6 is 0 Å². The van der Waals surface area contributed by atoms with Gasteiger partial charge in [-0.15, -0.1) is 0 Å². The van der Waals surface area contributed by atoms with Gasteiger partial charge in [0.1, 0.15) is 0 Å². The van der Waals surface area contributed by atoms with Gasteiger partial charge in [-0.1, -0.05) is 13.8 Å². The molecule has 1 saturated heterocycles. The molecule has 1 heterocycles. The summed E-state index contributed by atoms with van der Waals surface area (Å²) >= 11 is 0. The highest BCUT2D eigenvalue weighted by Gasteiger charge is 2.46. The maximum atomic E-state index is 3.62. The predicted molar refractivity (Wildman–Crippen MR) is 42.0 cm³/mol. The first-order valence-electron chi connectivity index (χ1n) is 4.15. The molecule has 2 rings (SSSR count). The van der Waals surface area contributed by atoms with Crippen LogP contribution in [0.3, 0.4) is 0 Å². The Kier molecular flexibility index (Phi) is 1.29. The van der Waals surface area contributed by atoms with Crippen molar-refractivity contribution in [3.8, 4) is 0 Å². The minimum atomic E-state index is 0.593. The first-order valence-corrected chi connectivity index (χ1v) is 4.15. The Hall–Kier alpha value is -0.0800. The van der Waals surface area contributed by atoms with Gasteiger partial charge in [0.2, 0.25) is 0 Å². The molecule has 2 fully saturated rings. The molecule has 0 amide bonds. The average molecular weight is 140 g/mol. The molecular formula is C8H16N2. The lowest BCUT2D eigenvalue weighted by atomic mass is 10.1. The summed E-state index contributed by atoms with van der Waals surface area (Å²) in [6.45, 7) is 7.01. The summed E-state index contributed by atoms with van der Waals surface area (Å²) in [5, 5.41) is 6.88. The third-order valence-electron chi connectivity index (χ3n) is 2.73. The van der Waals surface area contributed by atoms with Crippen molar-refractivity contribution >= 4 is 0 Å². The molecule has 0 radical (unpaired) electrons. The highest BCUT2D eigenvalue weighted by atomic mass is 15.1. The van der Waals surface area contributed by atoms with E-state index in [9.17, 15) is 0 Å². The second-order valence-corrected chi connectivity index (χ2v) is 4.27. The topological polar surface area (TPSA) is 24.1 Å². The first kappa shape index (κ1) is 6.62. The van der Waals surface area contributed by atoms with Gasteiger partial charge < -0.3 is 10.6 Å². The summed E-state index contributed by atoms with van der Waals surface area (Å²) in [4.78, 5) is 0. The van der Waals surface area contributed by atoms with E-state index in [0.717, 1.165) is 12.1 Å². The molecule has 1 aliphatic heterocycles. The molecule has 1 atom stereocenters. The zero-order valence-electron chi connectivity index (χ0n) is 6.78. The number of hydrogen-bond acceptors (Lipinski definition) is 2. The Morgan fingerprint density at radius 2 is 2.00 bits per heavy atom. The molecule has 0 spiro atoms. The van der Waals surface area contributed by atoms with Crippen LogP contribution < -0.4 is 10.6 Å². The molecule has 0 aromatic heterocycles. The molecular weight excluding hydrogens is 124 g/mol. The summed E-state index contributed by atoms with van der Waals surface area (Å²) in [5.41, 5.74) is 0.593. The summed E-state index contributed by atoms with van der Waals surface area (Å²) in [6.07, 6.45) is 1.36. The SMILES string of the molecule is CC1(C)CC1NC1CNC1. The Bertz CT molecular complexity index is 138. The summed E-state index contributed by atoms with van der Waals surface area (Å²) in [6, 6.07) is 1.58. The largest absolute Gasteiger partial charge is 0.314 e. The van der Waals surface area contributed by atoms with Crippen LogP contribution in [0.4, 0.5) is 0 Å². The average Bonchev–Trinajstić information content (AvgIpc) is 2.29. The van der Waals surface area contributed by atoms with Crippen molar-refractivity contribution in [3.05, 3.63) is 0 Å². The van der Waals surface area contributed by atoms with Crippen LogP contribution in [0.1, 0.15) is 20.3 Å². The Balaban J connectivity index is 1.73. The van der Waals surface area contributed by atoms with Gasteiger partial charge in [-0.2, -0.15) is 0 Å². The molecule has 0 aromatic carbocycles. The highest BCUT2D eigenvalue weighted by Crippen LogP contribution is 2.44. The van der Waals surface area contributed by atoms with Gasteiger partial charge in [-0.25, -0.2) is 0 Å². The molecule has 1 unspecified atom stereocenters. The molecule has 1 saturated carbocycles. The highest BCUT2D eigenvalue weighted by molar-refractivity contribution is 5.04. The van der Waals surface area contributed by atoms with Gasteiger partial charge in [0, 0.05) is 25.2 Å². The second-order valence-electron chi connectivity index (χ2n) is 4.27. The van der Waals surface area contributed by atoms with Crippen molar-refractivity contribution < 1.29 is 0 Å². The lowest BCUT2D eigenvalue weighted by molar-refractivity contribution is 0.348. The maximum Gasteiger partial charge on any atom is 0.0320 e. The van der Waals surface area contributed by atoms with E-state index >= 15 is 0 Å². The predicted octanol–water partition coefficient (Wildman–Crippen LogP) is 0.346. The van der Waals surface area contributed by atoms with Crippen LogP contribution in [0, 0.1) is 5.41 Å². The van der Waals surface area contributed by atoms with E-state index in [0.29, 0.717) is 5.41 Å². The molecule has 2 N–H and O–H groups in total. The lowest BCUT2D eigenvalue weighted by Gasteiger charge is -2.28. The normalized spacial score (nSPS) is 37.2. The summed E-state index contributed by atoms with van der Waals surface area (Å²) in [5.74, 6) is 0. The van der Waals surface area contributed by atoms with Gasteiger partial charge in [0.05, 0.1) is 0 Å². The van der Waals surface area contributed by atoms with Crippen LogP contribution in [-0.2, 0) is 0 Å². The molecule has 2 nitrogen and oxygen atoms in total. The second kappa shape index (κ2) is 1.95. The van der Waals surface area contributed by atoms with Crippen molar-refractivity contribution in [2.45, 2.75) is 32.4 Å². The van der Waals surface area contributed by atoms with Gasteiger partial charge in [-0.3, -0.25) is 0 Å². The fraction of sp³-hybridized carbons (Fsp3) is 1.00. The lowest BCUT2D eigenvalue weighted by Crippen LogP contribution is -2.56. The molecule has 58 valence electrons. The first-order chi connectivity index (χ1) is 4.68. The van der Waals surface area contributed by atoms with Gasteiger partial charge in [0.15, 0.2) is 0 Å². The van der Waals surface area contributed by atoms with E-state index < -0.39 is 0 Å². The zero-order chi connectivity index (χ0) is 7.19. The van der Waals surface area contributed by atoms with E-state index in [1.165, 1.54) is 19.5 Å². The standard InChI is InChI=1S/C8H16N2/c1-8(2)3-7(8)10-6-4-9-5-6/h6-7,9-10H,3-5H2,1-2H3. The zero-order valence-corrected chi connectivity index (χ0v) is 6.78. The van der Waals surface area contributed by atoms with E-state index in [4.69, 9.17) is 0 Å². The molecule has 2 aliphatic rings. The molecule has 2 heteroatoms. The third kappa shape index (κ3) is 1.06. The van der Waals surface area contributed by atoms with Crippen LogP contribution in [0.5, 0.6) is 0 Å². The number of rotatable bonds is 2. The van der Waals surface area contributed by atoms with Crippen LogP contribution in [-0.4, -0.2) is 25.2 Å². The Morgan fingerprint density at radius 1 is 1.40 bits per heavy atom. The summed E-state index contributed by atoms with van der Waals surface area (Å²) < 4.78 is 0. The Labute approximate surface area is 62.4 Å². The van der Waals surface area contributed by atoms with Crippen molar-refractivity contribution in [1.29, 1.82) is 0 Å². The fourth-order valence-corrected chi connectivity index (χ4v) is 1.44. The van der Waals surface area contributed by atoms with Crippen molar-refractivity contribution in [1.82, 2.24) is 10.6 Å². The van der Waals surface area contributed by atoms with Crippen molar-refractivity contribution in [3.63, 3.8) is 0 Å². The summed E-state index contributed by atoms with van der Waals surface area (Å²) in [7, 11) is 0. The molecule has 0 bridgehead atoms. The molecule has 10 heavy (non-hydrogen) atoms. The van der Waals surface area contributed by atoms with E-state index in [-0.39, 0.29) is 0 Å². The quantitative estimate of drug-likeness (QED) is 0.578. The van der Waals surface area contributed by atoms with Crippen LogP contribution in [0.2, 0.25) is 0 Å². The van der Waals surface area contributed by atoms with E-state index in [2.05, 4.69) is 24.5 Å². The molecule has 1 aliphatic carbocycles. The van der Waals surface area contributed by atoms with E-state index in [1.807, 2.05) is 0 Å². The smallest absolute Gasteiger partial charge is 0.0320 e. The van der Waals surface area contributed by atoms with Gasteiger partial charge in [-0.05, 0) is 11.8 Å². The molecule has 0 aromatic rings. The fourth-order valence-electron chi connectivity index (χ4n) is 1.44. The van der Waals surface area contributed by atoms with Crippen LogP contribution in [0.25, 0.3) is 0 Å². The van der Waals surface area contributed by atoms with E-state index in [1.54, 1.807) is 0 Å². The van der Waals surface area contributed by atoms with Gasteiger partial charge >= 0.3 is 0 Å². The minimum Gasteiger partial charge on any atom is -0.314 e. The van der Waals surface area contributed by atoms with Gasteiger partial charge in [0.25, 0.3) is 0 Å². The number of hydrogen-bond donors (Lipinski definition) is 2. The van der Waals surface area contributed by atoms with Crippen LogP contribution in [0.15, 0.2) is 0 Å². The Morgan fingerprint density at radius 3 is 2.30 bits per heavy atom. The van der Waals surface area contributed by atoms with Crippen molar-refractivity contribution in [2.24, 2.45) is 5.41 Å². The third-order valence-corrected chi connectivity index (χ3v) is 2.73. The monoisotopic (exact) mass is 140 g/mol. The number of nitrogens with one attached hydrogen (secondary N) is 2.